The van der Waals surface area contributed by atoms with Crippen LogP contribution in [-0.4, -0.2) is 18.2 Å². The van der Waals surface area contributed by atoms with Gasteiger partial charge in [0.1, 0.15) is 0 Å². The van der Waals surface area contributed by atoms with E-state index in [1.54, 1.807) is 12.1 Å². The first-order valence-corrected chi connectivity index (χ1v) is 5.31. The molecule has 1 unspecified atom stereocenters. The minimum atomic E-state index is -4.21. The molecule has 1 aromatic carbocycles. The summed E-state index contributed by atoms with van der Waals surface area (Å²) in [5, 5.41) is 0. The fourth-order valence-corrected chi connectivity index (χ4v) is 1.82. The minimum Gasteiger partial charge on any atom is -0.373 e. The van der Waals surface area contributed by atoms with Crippen LogP contribution in [0.25, 0.3) is 0 Å². The summed E-state index contributed by atoms with van der Waals surface area (Å²) in [4.78, 5) is 0.225. The number of hydrogen-bond donors (Lipinski definition) is 0. The number of rotatable bonds is 3. The van der Waals surface area contributed by atoms with Crippen LogP contribution in [-0.2, 0) is 11.2 Å². The van der Waals surface area contributed by atoms with Gasteiger partial charge in [-0.1, -0.05) is 12.1 Å². The van der Waals surface area contributed by atoms with Crippen LogP contribution in [0.3, 0.4) is 0 Å². The smallest absolute Gasteiger partial charge is 0.373 e. The Morgan fingerprint density at radius 1 is 1.27 bits per heavy atom. The molecule has 0 amide bonds. The van der Waals surface area contributed by atoms with Crippen molar-refractivity contribution in [3.8, 4) is 0 Å². The van der Waals surface area contributed by atoms with Crippen LogP contribution in [0.1, 0.15) is 5.56 Å². The normalized spacial score (nSPS) is 20.3. The Morgan fingerprint density at radius 2 is 1.87 bits per heavy atom. The van der Waals surface area contributed by atoms with E-state index in [1.165, 1.54) is 12.1 Å². The van der Waals surface area contributed by atoms with Gasteiger partial charge in [-0.05, 0) is 29.5 Å². The fraction of sp³-hybridized carbons (Fsp3) is 0.400. The number of halogens is 3. The molecule has 5 heteroatoms. The second-order valence-corrected chi connectivity index (χ2v) is 4.49. The summed E-state index contributed by atoms with van der Waals surface area (Å²) < 4.78 is 41.1. The van der Waals surface area contributed by atoms with Crippen LogP contribution in [0, 0.1) is 0 Å². The molecule has 1 aliphatic rings. The topological polar surface area (TPSA) is 12.5 Å². The maximum atomic E-state index is 12.0. The molecule has 1 atom stereocenters. The van der Waals surface area contributed by atoms with Crippen LogP contribution < -0.4 is 0 Å². The molecular weight excluding hydrogens is 225 g/mol. The van der Waals surface area contributed by atoms with E-state index in [1.807, 2.05) is 0 Å². The van der Waals surface area contributed by atoms with Crippen molar-refractivity contribution in [3.05, 3.63) is 29.8 Å². The summed E-state index contributed by atoms with van der Waals surface area (Å²) in [5.74, 6) is 0. The first-order chi connectivity index (χ1) is 7.03. The van der Waals surface area contributed by atoms with Crippen molar-refractivity contribution in [2.45, 2.75) is 22.9 Å². The molecule has 0 spiro atoms. The Balaban J connectivity index is 1.96. The molecule has 2 rings (SSSR count). The average molecular weight is 234 g/mol. The highest BCUT2D eigenvalue weighted by Gasteiger charge is 2.29. The van der Waals surface area contributed by atoms with Crippen molar-refractivity contribution in [2.75, 3.05) is 6.61 Å². The zero-order chi connectivity index (χ0) is 10.9. The summed E-state index contributed by atoms with van der Waals surface area (Å²) in [7, 11) is 0. The lowest BCUT2D eigenvalue weighted by atomic mass is 10.1. The van der Waals surface area contributed by atoms with Crippen LogP contribution in [0.5, 0.6) is 0 Å². The Hall–Kier alpha value is -0.680. The first kappa shape index (κ1) is 10.8. The zero-order valence-corrected chi connectivity index (χ0v) is 8.57. The Labute approximate surface area is 89.6 Å². The SMILES string of the molecule is FC(F)(F)Sc1ccc(CC2CO2)cc1. The summed E-state index contributed by atoms with van der Waals surface area (Å²) in [6.07, 6.45) is 1.06. The maximum Gasteiger partial charge on any atom is 0.446 e. The number of ether oxygens (including phenoxy) is 1. The van der Waals surface area contributed by atoms with Gasteiger partial charge in [0, 0.05) is 11.3 Å². The quantitative estimate of drug-likeness (QED) is 0.588. The lowest BCUT2D eigenvalue weighted by Gasteiger charge is -2.05. The van der Waals surface area contributed by atoms with Gasteiger partial charge < -0.3 is 4.74 Å². The summed E-state index contributed by atoms with van der Waals surface area (Å²) in [6.45, 7) is 0.763. The van der Waals surface area contributed by atoms with Gasteiger partial charge in [0.2, 0.25) is 0 Å². The number of hydrogen-bond acceptors (Lipinski definition) is 2. The van der Waals surface area contributed by atoms with Crippen LogP contribution in [0.4, 0.5) is 13.2 Å². The van der Waals surface area contributed by atoms with E-state index in [2.05, 4.69) is 0 Å². The second kappa shape index (κ2) is 4.06. The van der Waals surface area contributed by atoms with Gasteiger partial charge in [0.05, 0.1) is 12.7 Å². The Morgan fingerprint density at radius 3 is 2.33 bits per heavy atom. The second-order valence-electron chi connectivity index (χ2n) is 3.35. The Kier molecular flexibility index (Phi) is 2.93. The molecule has 0 N–H and O–H groups in total. The molecular formula is C10H9F3OS. The highest BCUT2D eigenvalue weighted by molar-refractivity contribution is 8.00. The molecule has 1 fully saturated rings. The minimum absolute atomic E-state index is 0.0873. The molecule has 1 nitrogen and oxygen atoms in total. The van der Waals surface area contributed by atoms with Crippen molar-refractivity contribution in [1.82, 2.24) is 0 Å². The van der Waals surface area contributed by atoms with Crippen molar-refractivity contribution in [3.63, 3.8) is 0 Å². The molecule has 0 radical (unpaired) electrons. The molecule has 1 saturated heterocycles. The Bertz CT molecular complexity index is 330. The monoisotopic (exact) mass is 234 g/mol. The van der Waals surface area contributed by atoms with Gasteiger partial charge in [0.15, 0.2) is 0 Å². The molecule has 0 saturated carbocycles. The van der Waals surface area contributed by atoms with Gasteiger partial charge >= 0.3 is 5.51 Å². The molecule has 0 bridgehead atoms. The standard InChI is InChI=1S/C10H9F3OS/c11-10(12,13)15-9-3-1-7(2-4-9)5-8-6-14-8/h1-4,8H,5-6H2. The van der Waals surface area contributed by atoms with E-state index in [9.17, 15) is 13.2 Å². The molecule has 0 aromatic heterocycles. The first-order valence-electron chi connectivity index (χ1n) is 4.49. The van der Waals surface area contributed by atoms with E-state index in [0.717, 1.165) is 18.6 Å². The highest BCUT2D eigenvalue weighted by Crippen LogP contribution is 2.36. The molecule has 82 valence electrons. The molecule has 1 aromatic rings. The average Bonchev–Trinajstić information content (AvgIpc) is 2.90. The van der Waals surface area contributed by atoms with Gasteiger partial charge in [0.25, 0.3) is 0 Å². The number of benzene rings is 1. The van der Waals surface area contributed by atoms with Gasteiger partial charge in [-0.15, -0.1) is 0 Å². The number of alkyl halides is 3. The molecule has 15 heavy (non-hydrogen) atoms. The maximum absolute atomic E-state index is 12.0. The van der Waals surface area contributed by atoms with E-state index in [0.29, 0.717) is 0 Å². The molecule has 1 heterocycles. The lowest BCUT2D eigenvalue weighted by Crippen LogP contribution is -1.99. The van der Waals surface area contributed by atoms with E-state index >= 15 is 0 Å². The van der Waals surface area contributed by atoms with Crippen molar-refractivity contribution >= 4 is 11.8 Å². The number of thioether (sulfide) groups is 1. The fourth-order valence-electron chi connectivity index (χ4n) is 1.28. The van der Waals surface area contributed by atoms with Crippen molar-refractivity contribution in [1.29, 1.82) is 0 Å². The van der Waals surface area contributed by atoms with Crippen molar-refractivity contribution in [2.24, 2.45) is 0 Å². The largest absolute Gasteiger partial charge is 0.446 e. The van der Waals surface area contributed by atoms with Gasteiger partial charge in [-0.3, -0.25) is 0 Å². The van der Waals surface area contributed by atoms with E-state index < -0.39 is 5.51 Å². The van der Waals surface area contributed by atoms with Gasteiger partial charge in [-0.2, -0.15) is 13.2 Å². The number of epoxide rings is 1. The van der Waals surface area contributed by atoms with Crippen LogP contribution in [0.15, 0.2) is 29.2 Å². The summed E-state index contributed by atoms with van der Waals surface area (Å²) in [5.41, 5.74) is -3.19. The molecule has 1 aliphatic heterocycles. The zero-order valence-electron chi connectivity index (χ0n) is 7.75. The third-order valence-electron chi connectivity index (χ3n) is 2.02. The van der Waals surface area contributed by atoms with E-state index in [4.69, 9.17) is 4.74 Å². The predicted molar refractivity (Wildman–Crippen MR) is 51.8 cm³/mol. The van der Waals surface area contributed by atoms with Gasteiger partial charge in [-0.25, -0.2) is 0 Å². The lowest BCUT2D eigenvalue weighted by molar-refractivity contribution is -0.0328. The summed E-state index contributed by atoms with van der Waals surface area (Å²) in [6, 6.07) is 6.43. The third-order valence-corrected chi connectivity index (χ3v) is 2.76. The van der Waals surface area contributed by atoms with Crippen LogP contribution >= 0.6 is 11.8 Å². The summed E-state index contributed by atoms with van der Waals surface area (Å²) >= 11 is -0.0873. The third kappa shape index (κ3) is 3.76. The highest BCUT2D eigenvalue weighted by atomic mass is 32.2. The van der Waals surface area contributed by atoms with Crippen molar-refractivity contribution < 1.29 is 17.9 Å². The van der Waals surface area contributed by atoms with E-state index in [-0.39, 0.29) is 22.8 Å². The predicted octanol–water partition coefficient (Wildman–Crippen LogP) is 3.24. The van der Waals surface area contributed by atoms with Crippen LogP contribution in [0.2, 0.25) is 0 Å². The molecule has 0 aliphatic carbocycles.